The third-order valence-electron chi connectivity index (χ3n) is 2.61. The number of terminal acetylenes is 1. The van der Waals surface area contributed by atoms with Gasteiger partial charge in [0.25, 0.3) is 0 Å². The van der Waals surface area contributed by atoms with Crippen molar-refractivity contribution < 1.29 is 4.39 Å². The highest BCUT2D eigenvalue weighted by Gasteiger charge is 2.11. The van der Waals surface area contributed by atoms with Crippen molar-refractivity contribution in [3.05, 3.63) is 34.1 Å². The summed E-state index contributed by atoms with van der Waals surface area (Å²) in [4.78, 5) is 0. The van der Waals surface area contributed by atoms with E-state index in [1.807, 2.05) is 12.1 Å². The van der Waals surface area contributed by atoms with Crippen molar-refractivity contribution in [2.24, 2.45) is 0 Å². The first-order chi connectivity index (χ1) is 8.19. The van der Waals surface area contributed by atoms with Crippen LogP contribution in [0.15, 0.2) is 22.7 Å². The zero-order valence-corrected chi connectivity index (χ0v) is 11.6. The molecule has 0 amide bonds. The summed E-state index contributed by atoms with van der Waals surface area (Å²) in [5.74, 6) is 2.41. The maximum atomic E-state index is 13.2. The van der Waals surface area contributed by atoms with Crippen LogP contribution in [0.1, 0.15) is 37.8 Å². The van der Waals surface area contributed by atoms with Gasteiger partial charge in [0, 0.05) is 12.5 Å². The smallest absolute Gasteiger partial charge is 0.137 e. The van der Waals surface area contributed by atoms with Gasteiger partial charge in [-0.05, 0) is 53.0 Å². The Kier molecular flexibility index (Phi) is 6.25. The molecule has 17 heavy (non-hydrogen) atoms. The minimum atomic E-state index is -0.229. The van der Waals surface area contributed by atoms with E-state index in [1.165, 1.54) is 6.07 Å². The van der Waals surface area contributed by atoms with Gasteiger partial charge in [-0.2, -0.15) is 0 Å². The zero-order valence-electron chi connectivity index (χ0n) is 9.97. The van der Waals surface area contributed by atoms with E-state index in [0.717, 1.165) is 31.4 Å². The zero-order chi connectivity index (χ0) is 12.7. The molecule has 0 heterocycles. The molecule has 1 rings (SSSR count). The fourth-order valence-electron chi connectivity index (χ4n) is 1.77. The molecule has 1 aromatic carbocycles. The van der Waals surface area contributed by atoms with Gasteiger partial charge >= 0.3 is 0 Å². The van der Waals surface area contributed by atoms with E-state index in [9.17, 15) is 4.39 Å². The second kappa shape index (κ2) is 7.47. The van der Waals surface area contributed by atoms with Crippen LogP contribution >= 0.6 is 15.9 Å². The van der Waals surface area contributed by atoms with Crippen LogP contribution in [-0.4, -0.2) is 6.54 Å². The molecular formula is C14H17BrFN. The highest BCUT2D eigenvalue weighted by atomic mass is 79.9. The second-order valence-corrected chi connectivity index (χ2v) is 4.73. The van der Waals surface area contributed by atoms with Crippen LogP contribution in [0.25, 0.3) is 0 Å². The maximum absolute atomic E-state index is 13.2. The van der Waals surface area contributed by atoms with Crippen molar-refractivity contribution in [3.63, 3.8) is 0 Å². The highest BCUT2D eigenvalue weighted by Crippen LogP contribution is 2.24. The van der Waals surface area contributed by atoms with E-state index in [-0.39, 0.29) is 11.9 Å². The maximum Gasteiger partial charge on any atom is 0.137 e. The van der Waals surface area contributed by atoms with Gasteiger partial charge in [0.15, 0.2) is 0 Å². The molecule has 0 aliphatic carbocycles. The number of benzene rings is 1. The number of unbranched alkanes of at least 4 members (excludes halogenated alkanes) is 1. The summed E-state index contributed by atoms with van der Waals surface area (Å²) in [5.41, 5.74) is 1.09. The van der Waals surface area contributed by atoms with Gasteiger partial charge < -0.3 is 5.32 Å². The van der Waals surface area contributed by atoms with Gasteiger partial charge in [0.2, 0.25) is 0 Å². The molecule has 0 saturated carbocycles. The van der Waals surface area contributed by atoms with E-state index in [4.69, 9.17) is 6.42 Å². The molecule has 1 atom stereocenters. The number of nitrogens with one attached hydrogen (secondary N) is 1. The summed E-state index contributed by atoms with van der Waals surface area (Å²) in [7, 11) is 0. The van der Waals surface area contributed by atoms with Crippen LogP contribution in [-0.2, 0) is 0 Å². The Labute approximate surface area is 111 Å². The molecule has 1 nitrogen and oxygen atoms in total. The summed E-state index contributed by atoms with van der Waals surface area (Å²) in [6, 6.07) is 5.39. The van der Waals surface area contributed by atoms with Crippen LogP contribution in [0.3, 0.4) is 0 Å². The predicted octanol–water partition coefficient (Wildman–Crippen LogP) is 4.04. The van der Waals surface area contributed by atoms with Crippen LogP contribution in [0.5, 0.6) is 0 Å². The first-order valence-corrected chi connectivity index (χ1v) is 6.60. The van der Waals surface area contributed by atoms with E-state index in [0.29, 0.717) is 4.47 Å². The highest BCUT2D eigenvalue weighted by molar-refractivity contribution is 9.10. The molecule has 0 fully saturated rings. The monoisotopic (exact) mass is 297 g/mol. The largest absolute Gasteiger partial charge is 0.310 e. The Morgan fingerprint density at radius 1 is 1.53 bits per heavy atom. The number of rotatable bonds is 6. The van der Waals surface area contributed by atoms with Gasteiger partial charge in [-0.3, -0.25) is 0 Å². The van der Waals surface area contributed by atoms with E-state index < -0.39 is 0 Å². The van der Waals surface area contributed by atoms with Crippen molar-refractivity contribution in [3.8, 4) is 12.3 Å². The standard InChI is InChI=1S/C14H17BrFN/c1-3-5-6-7-14(17-4-2)11-8-9-13(16)12(15)10-11/h1,8-10,14,17H,4-7H2,2H3. The normalized spacial score (nSPS) is 12.1. The molecule has 0 aromatic heterocycles. The summed E-state index contributed by atoms with van der Waals surface area (Å²) >= 11 is 3.21. The Hall–Kier alpha value is -0.850. The van der Waals surface area contributed by atoms with Crippen molar-refractivity contribution in [2.45, 2.75) is 32.2 Å². The number of halogens is 2. The molecule has 1 N–H and O–H groups in total. The van der Waals surface area contributed by atoms with Gasteiger partial charge in [0.05, 0.1) is 4.47 Å². The van der Waals surface area contributed by atoms with Gasteiger partial charge in [-0.1, -0.05) is 13.0 Å². The first-order valence-electron chi connectivity index (χ1n) is 5.80. The SMILES string of the molecule is C#CCCCC(NCC)c1ccc(F)c(Br)c1. The predicted molar refractivity (Wildman–Crippen MR) is 73.2 cm³/mol. The molecule has 92 valence electrons. The molecule has 0 spiro atoms. The summed E-state index contributed by atoms with van der Waals surface area (Å²) in [6.45, 7) is 2.95. The minimum Gasteiger partial charge on any atom is -0.310 e. The Balaban J connectivity index is 2.74. The molecule has 0 bridgehead atoms. The van der Waals surface area contributed by atoms with Crippen molar-refractivity contribution in [2.75, 3.05) is 6.54 Å². The summed E-state index contributed by atoms with van der Waals surface area (Å²) in [5, 5.41) is 3.39. The van der Waals surface area contributed by atoms with Crippen LogP contribution in [0.2, 0.25) is 0 Å². The van der Waals surface area contributed by atoms with E-state index in [1.54, 1.807) is 0 Å². The molecule has 0 aliphatic rings. The lowest BCUT2D eigenvalue weighted by Crippen LogP contribution is -2.20. The van der Waals surface area contributed by atoms with Gasteiger partial charge in [-0.25, -0.2) is 4.39 Å². The molecule has 0 saturated heterocycles. The fourth-order valence-corrected chi connectivity index (χ4v) is 2.17. The molecule has 3 heteroatoms. The third-order valence-corrected chi connectivity index (χ3v) is 3.22. The Morgan fingerprint density at radius 2 is 2.29 bits per heavy atom. The fraction of sp³-hybridized carbons (Fsp3) is 0.429. The first kappa shape index (κ1) is 14.2. The van der Waals surface area contributed by atoms with E-state index >= 15 is 0 Å². The molecule has 0 aliphatic heterocycles. The minimum absolute atomic E-state index is 0.229. The molecule has 1 aromatic rings. The van der Waals surface area contributed by atoms with Crippen molar-refractivity contribution in [1.82, 2.24) is 5.32 Å². The van der Waals surface area contributed by atoms with Gasteiger partial charge in [0.1, 0.15) is 5.82 Å². The lowest BCUT2D eigenvalue weighted by atomic mass is 10.0. The molecule has 0 radical (unpaired) electrons. The number of hydrogen-bond donors (Lipinski definition) is 1. The molecular weight excluding hydrogens is 281 g/mol. The van der Waals surface area contributed by atoms with Crippen LogP contribution < -0.4 is 5.32 Å². The second-order valence-electron chi connectivity index (χ2n) is 3.88. The summed E-state index contributed by atoms with van der Waals surface area (Å²) in [6.07, 6.45) is 7.97. The lowest BCUT2D eigenvalue weighted by molar-refractivity contribution is 0.500. The van der Waals surface area contributed by atoms with E-state index in [2.05, 4.69) is 34.1 Å². The van der Waals surface area contributed by atoms with Crippen molar-refractivity contribution >= 4 is 15.9 Å². The van der Waals surface area contributed by atoms with Crippen LogP contribution in [0.4, 0.5) is 4.39 Å². The molecule has 1 unspecified atom stereocenters. The van der Waals surface area contributed by atoms with Crippen molar-refractivity contribution in [1.29, 1.82) is 0 Å². The number of hydrogen-bond acceptors (Lipinski definition) is 1. The Bertz CT molecular complexity index is 398. The Morgan fingerprint density at radius 3 is 2.88 bits per heavy atom. The lowest BCUT2D eigenvalue weighted by Gasteiger charge is -2.18. The summed E-state index contributed by atoms with van der Waals surface area (Å²) < 4.78 is 13.7. The third kappa shape index (κ3) is 4.49. The average Bonchev–Trinajstić information content (AvgIpc) is 2.32. The topological polar surface area (TPSA) is 12.0 Å². The van der Waals surface area contributed by atoms with Crippen LogP contribution in [0, 0.1) is 18.2 Å². The quantitative estimate of drug-likeness (QED) is 0.617. The average molecular weight is 298 g/mol. The van der Waals surface area contributed by atoms with Gasteiger partial charge in [-0.15, -0.1) is 12.3 Å².